The minimum atomic E-state index is -3.14. The summed E-state index contributed by atoms with van der Waals surface area (Å²) in [4.78, 5) is 0. The molecule has 0 heterocycles. The first kappa shape index (κ1) is 15.2. The molecule has 0 radical (unpaired) electrons. The van der Waals surface area contributed by atoms with Crippen LogP contribution in [0.15, 0.2) is 0 Å². The zero-order valence-electron chi connectivity index (χ0n) is 10.2. The van der Waals surface area contributed by atoms with Crippen molar-refractivity contribution in [3.8, 4) is 0 Å². The highest BCUT2D eigenvalue weighted by atomic mass is 35.5. The summed E-state index contributed by atoms with van der Waals surface area (Å²) < 4.78 is 25.1. The van der Waals surface area contributed by atoms with Crippen molar-refractivity contribution in [3.63, 3.8) is 0 Å². The average molecular weight is 256 g/mol. The fraction of sp³-hybridized carbons (Fsp3) is 1.00. The van der Waals surface area contributed by atoms with Gasteiger partial charge in [-0.05, 0) is 18.8 Å². The van der Waals surface area contributed by atoms with E-state index in [1.807, 2.05) is 27.7 Å². The lowest BCUT2D eigenvalue weighted by Crippen LogP contribution is -2.35. The molecule has 5 heteroatoms. The molecule has 1 unspecified atom stereocenters. The third-order valence-electron chi connectivity index (χ3n) is 1.93. The molecule has 92 valence electrons. The van der Waals surface area contributed by atoms with Crippen LogP contribution in [0.2, 0.25) is 0 Å². The van der Waals surface area contributed by atoms with E-state index in [4.69, 9.17) is 11.6 Å². The first-order chi connectivity index (χ1) is 6.54. The largest absolute Gasteiger partial charge is 0.214 e. The van der Waals surface area contributed by atoms with Gasteiger partial charge in [0.2, 0.25) is 10.0 Å². The van der Waals surface area contributed by atoms with Gasteiger partial charge >= 0.3 is 0 Å². The van der Waals surface area contributed by atoms with Crippen LogP contribution in [0.25, 0.3) is 0 Å². The lowest BCUT2D eigenvalue weighted by molar-refractivity contribution is 0.418. The number of halogens is 1. The molecule has 0 aliphatic heterocycles. The molecule has 0 aromatic carbocycles. The number of hydrogen-bond acceptors (Lipinski definition) is 2. The predicted octanol–water partition coefficient (Wildman–Crippen LogP) is 2.31. The Hall–Kier alpha value is 0.200. The molecule has 0 spiro atoms. The molecule has 0 aliphatic rings. The molecule has 15 heavy (non-hydrogen) atoms. The summed E-state index contributed by atoms with van der Waals surface area (Å²) in [6.07, 6.45) is 0.682. The van der Waals surface area contributed by atoms with Gasteiger partial charge in [0.1, 0.15) is 0 Å². The lowest BCUT2D eigenvalue weighted by Gasteiger charge is -2.23. The van der Waals surface area contributed by atoms with E-state index in [0.29, 0.717) is 13.0 Å². The van der Waals surface area contributed by atoms with Gasteiger partial charge in [0.05, 0.1) is 5.75 Å². The van der Waals surface area contributed by atoms with Crippen LogP contribution in [0.5, 0.6) is 0 Å². The maximum absolute atomic E-state index is 11.8. The standard InChI is InChI=1S/C10H22ClNO2S/c1-9(11)6-7-12(5)15(13,14)8-10(2,3)4/h9H,6-8H2,1-5H3. The molecule has 0 bridgehead atoms. The summed E-state index contributed by atoms with van der Waals surface area (Å²) in [6, 6.07) is 0. The fourth-order valence-electron chi connectivity index (χ4n) is 1.16. The highest BCUT2D eigenvalue weighted by molar-refractivity contribution is 7.89. The van der Waals surface area contributed by atoms with E-state index < -0.39 is 10.0 Å². The van der Waals surface area contributed by atoms with Crippen LogP contribution < -0.4 is 0 Å². The van der Waals surface area contributed by atoms with Gasteiger partial charge in [-0.1, -0.05) is 20.8 Å². The molecule has 0 aliphatic carbocycles. The molecule has 0 fully saturated rings. The summed E-state index contributed by atoms with van der Waals surface area (Å²) in [5, 5.41) is 0.0114. The van der Waals surface area contributed by atoms with Gasteiger partial charge in [-0.15, -0.1) is 11.6 Å². The van der Waals surface area contributed by atoms with E-state index in [1.165, 1.54) is 4.31 Å². The van der Waals surface area contributed by atoms with Crippen LogP contribution >= 0.6 is 11.6 Å². The molecular formula is C10H22ClNO2S. The Balaban J connectivity index is 4.34. The monoisotopic (exact) mass is 255 g/mol. The van der Waals surface area contributed by atoms with E-state index in [9.17, 15) is 8.42 Å². The maximum atomic E-state index is 11.8. The smallest absolute Gasteiger partial charge is 0.212 e. The van der Waals surface area contributed by atoms with Gasteiger partial charge in [0.15, 0.2) is 0 Å². The molecule has 0 rings (SSSR count). The van der Waals surface area contributed by atoms with Gasteiger partial charge in [0.25, 0.3) is 0 Å². The van der Waals surface area contributed by atoms with Crippen molar-refractivity contribution in [1.82, 2.24) is 4.31 Å². The lowest BCUT2D eigenvalue weighted by atomic mass is 10.0. The molecule has 0 saturated carbocycles. The number of rotatable bonds is 5. The Morgan fingerprint density at radius 3 is 2.13 bits per heavy atom. The van der Waals surface area contributed by atoms with Crippen LogP contribution in [0.4, 0.5) is 0 Å². The maximum Gasteiger partial charge on any atom is 0.214 e. The molecular weight excluding hydrogens is 234 g/mol. The topological polar surface area (TPSA) is 37.4 Å². The molecule has 0 aromatic rings. The molecule has 1 atom stereocenters. The second-order valence-electron chi connectivity index (χ2n) is 5.21. The van der Waals surface area contributed by atoms with Crippen LogP contribution in [0, 0.1) is 5.41 Å². The highest BCUT2D eigenvalue weighted by Gasteiger charge is 2.25. The van der Waals surface area contributed by atoms with Gasteiger partial charge < -0.3 is 0 Å². The summed E-state index contributed by atoms with van der Waals surface area (Å²) in [6.45, 7) is 8.11. The Kier molecular flexibility index (Phi) is 5.58. The minimum Gasteiger partial charge on any atom is -0.212 e. The zero-order chi connectivity index (χ0) is 12.3. The van der Waals surface area contributed by atoms with Gasteiger partial charge in [-0.3, -0.25) is 0 Å². The molecule has 0 aromatic heterocycles. The van der Waals surface area contributed by atoms with Crippen molar-refractivity contribution < 1.29 is 8.42 Å². The predicted molar refractivity (Wildman–Crippen MR) is 65.8 cm³/mol. The first-order valence-electron chi connectivity index (χ1n) is 5.13. The van der Waals surface area contributed by atoms with Gasteiger partial charge in [-0.25, -0.2) is 12.7 Å². The number of nitrogens with zero attached hydrogens (tertiary/aromatic N) is 1. The summed E-state index contributed by atoms with van der Waals surface area (Å²) >= 11 is 5.78. The van der Waals surface area contributed by atoms with Gasteiger partial charge in [-0.2, -0.15) is 0 Å². The number of alkyl halides is 1. The Morgan fingerprint density at radius 2 is 1.80 bits per heavy atom. The zero-order valence-corrected chi connectivity index (χ0v) is 11.8. The Morgan fingerprint density at radius 1 is 1.33 bits per heavy atom. The van der Waals surface area contributed by atoms with E-state index in [1.54, 1.807) is 7.05 Å². The van der Waals surface area contributed by atoms with Crippen molar-refractivity contribution in [2.75, 3.05) is 19.3 Å². The minimum absolute atomic E-state index is 0.0114. The SMILES string of the molecule is CC(Cl)CCN(C)S(=O)(=O)CC(C)(C)C. The van der Waals surface area contributed by atoms with Crippen LogP contribution in [0.1, 0.15) is 34.1 Å². The average Bonchev–Trinajstić information content (AvgIpc) is 1.94. The fourth-order valence-corrected chi connectivity index (χ4v) is 2.95. The van der Waals surface area contributed by atoms with E-state index in [-0.39, 0.29) is 16.5 Å². The van der Waals surface area contributed by atoms with Crippen molar-refractivity contribution >= 4 is 21.6 Å². The van der Waals surface area contributed by atoms with Crippen molar-refractivity contribution in [2.45, 2.75) is 39.5 Å². The molecule has 0 amide bonds. The summed E-state index contributed by atoms with van der Waals surface area (Å²) in [7, 11) is -1.53. The van der Waals surface area contributed by atoms with E-state index in [2.05, 4.69) is 0 Å². The summed E-state index contributed by atoms with van der Waals surface area (Å²) in [5.41, 5.74) is -0.209. The summed E-state index contributed by atoms with van der Waals surface area (Å²) in [5.74, 6) is 0.174. The van der Waals surface area contributed by atoms with E-state index >= 15 is 0 Å². The third kappa shape index (κ3) is 7.14. The number of sulfonamides is 1. The number of hydrogen-bond donors (Lipinski definition) is 0. The Bertz CT molecular complexity index is 280. The second-order valence-corrected chi connectivity index (χ2v) is 8.03. The van der Waals surface area contributed by atoms with Crippen LogP contribution in [-0.2, 0) is 10.0 Å². The van der Waals surface area contributed by atoms with Crippen LogP contribution in [0.3, 0.4) is 0 Å². The van der Waals surface area contributed by atoms with Crippen LogP contribution in [-0.4, -0.2) is 37.4 Å². The highest BCUT2D eigenvalue weighted by Crippen LogP contribution is 2.18. The third-order valence-corrected chi connectivity index (χ3v) is 4.51. The quantitative estimate of drug-likeness (QED) is 0.707. The van der Waals surface area contributed by atoms with Crippen molar-refractivity contribution in [1.29, 1.82) is 0 Å². The molecule has 0 saturated heterocycles. The van der Waals surface area contributed by atoms with Crippen molar-refractivity contribution in [3.05, 3.63) is 0 Å². The molecule has 0 N–H and O–H groups in total. The first-order valence-corrected chi connectivity index (χ1v) is 7.17. The normalized spacial score (nSPS) is 15.7. The van der Waals surface area contributed by atoms with Gasteiger partial charge in [0, 0.05) is 19.0 Å². The van der Waals surface area contributed by atoms with E-state index in [0.717, 1.165) is 0 Å². The molecule has 3 nitrogen and oxygen atoms in total. The Labute approximate surface area is 98.8 Å². The second kappa shape index (κ2) is 5.51. The van der Waals surface area contributed by atoms with Crippen molar-refractivity contribution in [2.24, 2.45) is 5.41 Å².